The Hall–Kier alpha value is -2.90. The van der Waals surface area contributed by atoms with Gasteiger partial charge in [0.05, 0.1) is 10.7 Å². The van der Waals surface area contributed by atoms with Crippen LogP contribution in [0.2, 0.25) is 10.0 Å². The highest BCUT2D eigenvalue weighted by Gasteiger charge is 2.31. The van der Waals surface area contributed by atoms with E-state index in [-0.39, 0.29) is 16.8 Å². The van der Waals surface area contributed by atoms with Crippen LogP contribution < -0.4 is 9.80 Å². The Bertz CT molecular complexity index is 1180. The molecule has 1 amide bonds. The van der Waals surface area contributed by atoms with Crippen molar-refractivity contribution in [2.45, 2.75) is 12.8 Å². The maximum absolute atomic E-state index is 13.5. The summed E-state index contributed by atoms with van der Waals surface area (Å²) in [6.07, 6.45) is 1.60. The van der Waals surface area contributed by atoms with Gasteiger partial charge in [-0.1, -0.05) is 35.3 Å². The lowest BCUT2D eigenvalue weighted by Crippen LogP contribution is -2.51. The van der Waals surface area contributed by atoms with Crippen LogP contribution in [0, 0.1) is 11.7 Å². The van der Waals surface area contributed by atoms with Gasteiger partial charge in [0.1, 0.15) is 5.82 Å². The molecule has 182 valence electrons. The molecule has 2 saturated heterocycles. The smallest absolute Gasteiger partial charge is 0.225 e. The van der Waals surface area contributed by atoms with Gasteiger partial charge in [0.25, 0.3) is 0 Å². The van der Waals surface area contributed by atoms with E-state index < -0.39 is 5.82 Å². The quantitative estimate of drug-likeness (QED) is 0.482. The minimum atomic E-state index is -0.418. The Morgan fingerprint density at radius 3 is 2.17 bits per heavy atom. The SMILES string of the molecule is O=C(C1CCN(c2ccc(-c3ccc(Cl)cc3)nn2)CC1)N1CCN(c2ccc(F)c(Cl)c2)CC1. The number of piperazine rings is 1. The number of halogens is 3. The van der Waals surface area contributed by atoms with Crippen LogP contribution in [-0.2, 0) is 4.79 Å². The first-order chi connectivity index (χ1) is 17.0. The Morgan fingerprint density at radius 2 is 1.54 bits per heavy atom. The van der Waals surface area contributed by atoms with Crippen LogP contribution in [0.15, 0.2) is 54.6 Å². The predicted octanol–water partition coefficient (Wildman–Crippen LogP) is 5.15. The second-order valence-corrected chi connectivity index (χ2v) is 9.80. The number of anilines is 2. The minimum Gasteiger partial charge on any atom is -0.368 e. The summed E-state index contributed by atoms with van der Waals surface area (Å²) in [6, 6.07) is 16.3. The standard InChI is InChI=1S/C26H26Cl2FN5O/c27-20-3-1-18(2-4-20)24-7-8-25(31-30-24)33-11-9-19(10-12-33)26(35)34-15-13-32(14-16-34)21-5-6-23(29)22(28)17-21/h1-8,17,19H,9-16H2. The fraction of sp³-hybridized carbons (Fsp3) is 0.346. The molecular weight excluding hydrogens is 488 g/mol. The van der Waals surface area contributed by atoms with Crippen LogP contribution in [0.1, 0.15) is 12.8 Å². The van der Waals surface area contributed by atoms with Gasteiger partial charge in [-0.05, 0) is 55.3 Å². The predicted molar refractivity (Wildman–Crippen MR) is 138 cm³/mol. The summed E-state index contributed by atoms with van der Waals surface area (Å²) in [5, 5.41) is 9.61. The fourth-order valence-corrected chi connectivity index (χ4v) is 5.05. The Labute approximate surface area is 214 Å². The van der Waals surface area contributed by atoms with Crippen molar-refractivity contribution >= 4 is 40.6 Å². The number of nitrogens with zero attached hydrogens (tertiary/aromatic N) is 5. The third-order valence-corrected chi connectivity index (χ3v) is 7.36. The van der Waals surface area contributed by atoms with Crippen molar-refractivity contribution in [3.8, 4) is 11.3 Å². The molecule has 0 atom stereocenters. The molecule has 0 radical (unpaired) electrons. The third-order valence-electron chi connectivity index (χ3n) is 6.82. The lowest BCUT2D eigenvalue weighted by atomic mass is 9.95. The lowest BCUT2D eigenvalue weighted by molar-refractivity contribution is -0.136. The van der Waals surface area contributed by atoms with Gasteiger partial charge in [-0.15, -0.1) is 10.2 Å². The summed E-state index contributed by atoms with van der Waals surface area (Å²) in [7, 11) is 0. The molecule has 0 unspecified atom stereocenters. The van der Waals surface area contributed by atoms with Crippen LogP contribution in [0.3, 0.4) is 0 Å². The van der Waals surface area contributed by atoms with Crippen molar-refractivity contribution in [3.05, 3.63) is 70.5 Å². The maximum Gasteiger partial charge on any atom is 0.225 e. The van der Waals surface area contributed by atoms with Crippen LogP contribution in [0.5, 0.6) is 0 Å². The number of hydrogen-bond donors (Lipinski definition) is 0. The average molecular weight is 514 g/mol. The van der Waals surface area contributed by atoms with E-state index in [0.29, 0.717) is 31.2 Å². The van der Waals surface area contributed by atoms with Crippen LogP contribution in [0.25, 0.3) is 11.3 Å². The number of benzene rings is 2. The van der Waals surface area contributed by atoms with Crippen LogP contribution in [-0.4, -0.2) is 60.3 Å². The number of carbonyl (C=O) groups is 1. The first-order valence-electron chi connectivity index (χ1n) is 11.8. The van der Waals surface area contributed by atoms with Crippen molar-refractivity contribution in [1.29, 1.82) is 0 Å². The first kappa shape index (κ1) is 23.8. The Morgan fingerprint density at radius 1 is 0.829 bits per heavy atom. The number of hydrogen-bond acceptors (Lipinski definition) is 5. The van der Waals surface area contributed by atoms with Crippen molar-refractivity contribution < 1.29 is 9.18 Å². The van der Waals surface area contributed by atoms with Gasteiger partial charge < -0.3 is 14.7 Å². The molecule has 0 aliphatic carbocycles. The van der Waals surface area contributed by atoms with Gasteiger partial charge in [0.2, 0.25) is 5.91 Å². The van der Waals surface area contributed by atoms with Gasteiger partial charge in [-0.3, -0.25) is 4.79 Å². The Balaban J connectivity index is 1.12. The lowest BCUT2D eigenvalue weighted by Gasteiger charge is -2.39. The molecule has 0 N–H and O–H groups in total. The largest absolute Gasteiger partial charge is 0.368 e. The molecule has 2 fully saturated rings. The summed E-state index contributed by atoms with van der Waals surface area (Å²) in [4.78, 5) is 19.4. The van der Waals surface area contributed by atoms with E-state index in [9.17, 15) is 9.18 Å². The maximum atomic E-state index is 13.5. The molecule has 0 bridgehead atoms. The van der Waals surface area contributed by atoms with E-state index in [2.05, 4.69) is 20.0 Å². The highest BCUT2D eigenvalue weighted by atomic mass is 35.5. The van der Waals surface area contributed by atoms with E-state index in [1.165, 1.54) is 6.07 Å². The second kappa shape index (κ2) is 10.4. The number of piperidine rings is 1. The molecule has 2 aliphatic heterocycles. The monoisotopic (exact) mass is 513 g/mol. The topological polar surface area (TPSA) is 52.6 Å². The van der Waals surface area contributed by atoms with E-state index >= 15 is 0 Å². The normalized spacial score (nSPS) is 17.1. The van der Waals surface area contributed by atoms with Gasteiger partial charge in [0.15, 0.2) is 5.82 Å². The Kier molecular flexibility index (Phi) is 7.07. The molecule has 1 aromatic heterocycles. The third kappa shape index (κ3) is 5.36. The van der Waals surface area contributed by atoms with Crippen LogP contribution in [0.4, 0.5) is 15.9 Å². The number of aromatic nitrogens is 2. The van der Waals surface area contributed by atoms with E-state index in [1.54, 1.807) is 12.1 Å². The van der Waals surface area contributed by atoms with Gasteiger partial charge in [-0.25, -0.2) is 4.39 Å². The number of carbonyl (C=O) groups excluding carboxylic acids is 1. The molecule has 6 nitrogen and oxygen atoms in total. The summed E-state index contributed by atoms with van der Waals surface area (Å²) in [6.45, 7) is 4.29. The number of rotatable bonds is 4. The summed E-state index contributed by atoms with van der Waals surface area (Å²) in [5.74, 6) is 0.671. The van der Waals surface area contributed by atoms with Crippen molar-refractivity contribution in [2.75, 3.05) is 49.1 Å². The molecule has 9 heteroatoms. The molecule has 0 spiro atoms. The van der Waals surface area contributed by atoms with Crippen molar-refractivity contribution in [3.63, 3.8) is 0 Å². The molecule has 2 aromatic carbocycles. The van der Waals surface area contributed by atoms with Gasteiger partial charge in [-0.2, -0.15) is 0 Å². The first-order valence-corrected chi connectivity index (χ1v) is 12.6. The summed E-state index contributed by atoms with van der Waals surface area (Å²) >= 11 is 11.9. The van der Waals surface area contributed by atoms with Crippen molar-refractivity contribution in [2.24, 2.45) is 5.92 Å². The summed E-state index contributed by atoms with van der Waals surface area (Å²) < 4.78 is 13.5. The molecule has 3 aromatic rings. The van der Waals surface area contributed by atoms with Gasteiger partial charge >= 0.3 is 0 Å². The van der Waals surface area contributed by atoms with Gasteiger partial charge in [0, 0.05) is 61.5 Å². The van der Waals surface area contributed by atoms with Crippen molar-refractivity contribution in [1.82, 2.24) is 15.1 Å². The summed E-state index contributed by atoms with van der Waals surface area (Å²) in [5.41, 5.74) is 2.66. The second-order valence-electron chi connectivity index (χ2n) is 8.96. The molecule has 0 saturated carbocycles. The fourth-order valence-electron chi connectivity index (χ4n) is 4.75. The minimum absolute atomic E-state index is 0.0272. The molecular formula is C26H26Cl2FN5O. The highest BCUT2D eigenvalue weighted by Crippen LogP contribution is 2.27. The zero-order valence-corrected chi connectivity index (χ0v) is 20.7. The molecule has 5 rings (SSSR count). The number of amides is 1. The molecule has 2 aliphatic rings. The highest BCUT2D eigenvalue weighted by molar-refractivity contribution is 6.31. The van der Waals surface area contributed by atoms with E-state index in [0.717, 1.165) is 48.7 Å². The van der Waals surface area contributed by atoms with E-state index in [4.69, 9.17) is 23.2 Å². The van der Waals surface area contributed by atoms with E-state index in [1.807, 2.05) is 41.3 Å². The average Bonchev–Trinajstić information content (AvgIpc) is 2.91. The zero-order chi connectivity index (χ0) is 24.4. The molecule has 3 heterocycles. The zero-order valence-electron chi connectivity index (χ0n) is 19.2. The van der Waals surface area contributed by atoms with Crippen LogP contribution >= 0.6 is 23.2 Å². The molecule has 35 heavy (non-hydrogen) atoms.